The zero-order valence-electron chi connectivity index (χ0n) is 13.2. The zero-order chi connectivity index (χ0) is 15.0. The summed E-state index contributed by atoms with van der Waals surface area (Å²) in [4.78, 5) is 0. The number of aryl methyl sites for hydroxylation is 1. The third kappa shape index (κ3) is 2.56. The SMILES string of the molecule is Cc1ccccc1[C@@H](C)NC1c2ccccc2OC1(C)C. The highest BCUT2D eigenvalue weighted by atomic mass is 16.5. The first-order valence-corrected chi connectivity index (χ1v) is 7.58. The minimum atomic E-state index is -0.235. The lowest BCUT2D eigenvalue weighted by Crippen LogP contribution is -2.40. The van der Waals surface area contributed by atoms with Gasteiger partial charge in [0.15, 0.2) is 0 Å². The normalized spacial score (nSPS) is 20.7. The number of para-hydroxylation sites is 1. The van der Waals surface area contributed by atoms with Crippen LogP contribution >= 0.6 is 0 Å². The Bertz CT molecular complexity index is 648. The summed E-state index contributed by atoms with van der Waals surface area (Å²) in [6.07, 6.45) is 0. The van der Waals surface area contributed by atoms with Gasteiger partial charge in [0, 0.05) is 11.6 Å². The predicted octanol–water partition coefficient (Wildman–Crippen LogP) is 4.56. The van der Waals surface area contributed by atoms with Gasteiger partial charge in [0.25, 0.3) is 0 Å². The average Bonchev–Trinajstić information content (AvgIpc) is 2.70. The van der Waals surface area contributed by atoms with Crippen LogP contribution in [0.15, 0.2) is 48.5 Å². The van der Waals surface area contributed by atoms with E-state index in [9.17, 15) is 0 Å². The molecule has 1 heterocycles. The van der Waals surface area contributed by atoms with Crippen molar-refractivity contribution in [3.63, 3.8) is 0 Å². The Morgan fingerprint density at radius 2 is 1.71 bits per heavy atom. The summed E-state index contributed by atoms with van der Waals surface area (Å²) in [6.45, 7) is 8.68. The molecule has 0 aromatic heterocycles. The van der Waals surface area contributed by atoms with Gasteiger partial charge in [0.1, 0.15) is 11.4 Å². The number of nitrogens with one attached hydrogen (secondary N) is 1. The quantitative estimate of drug-likeness (QED) is 0.890. The molecule has 2 aromatic rings. The van der Waals surface area contributed by atoms with Gasteiger partial charge in [-0.05, 0) is 44.9 Å². The first-order chi connectivity index (χ1) is 9.99. The Labute approximate surface area is 127 Å². The van der Waals surface area contributed by atoms with E-state index in [0.717, 1.165) is 5.75 Å². The first kappa shape index (κ1) is 14.2. The fourth-order valence-electron chi connectivity index (χ4n) is 3.23. The maximum atomic E-state index is 6.11. The molecule has 0 bridgehead atoms. The number of hydrogen-bond acceptors (Lipinski definition) is 2. The molecule has 0 radical (unpaired) electrons. The van der Waals surface area contributed by atoms with Crippen molar-refractivity contribution in [3.8, 4) is 5.75 Å². The number of rotatable bonds is 3. The highest BCUT2D eigenvalue weighted by molar-refractivity contribution is 5.42. The Morgan fingerprint density at radius 1 is 1.05 bits per heavy atom. The summed E-state index contributed by atoms with van der Waals surface area (Å²) in [7, 11) is 0. The molecule has 2 atom stereocenters. The summed E-state index contributed by atoms with van der Waals surface area (Å²) in [5, 5.41) is 3.76. The summed E-state index contributed by atoms with van der Waals surface area (Å²) in [5.41, 5.74) is 3.68. The summed E-state index contributed by atoms with van der Waals surface area (Å²) < 4.78 is 6.11. The molecule has 3 rings (SSSR count). The number of ether oxygens (including phenoxy) is 1. The van der Waals surface area contributed by atoms with E-state index < -0.39 is 0 Å². The standard InChI is InChI=1S/C19H23NO/c1-13-9-5-6-10-15(13)14(2)20-18-16-11-7-8-12-17(16)21-19(18,3)4/h5-12,14,18,20H,1-4H3/t14-,18?/m1/s1. The fourth-order valence-corrected chi connectivity index (χ4v) is 3.23. The fraction of sp³-hybridized carbons (Fsp3) is 0.368. The Morgan fingerprint density at radius 3 is 2.48 bits per heavy atom. The smallest absolute Gasteiger partial charge is 0.125 e. The Hall–Kier alpha value is -1.80. The average molecular weight is 281 g/mol. The topological polar surface area (TPSA) is 21.3 Å². The molecular weight excluding hydrogens is 258 g/mol. The molecule has 2 aromatic carbocycles. The zero-order valence-corrected chi connectivity index (χ0v) is 13.2. The van der Waals surface area contributed by atoms with Gasteiger partial charge in [-0.3, -0.25) is 5.32 Å². The maximum Gasteiger partial charge on any atom is 0.125 e. The van der Waals surface area contributed by atoms with Crippen molar-refractivity contribution in [1.29, 1.82) is 0 Å². The molecule has 21 heavy (non-hydrogen) atoms. The molecule has 2 heteroatoms. The van der Waals surface area contributed by atoms with Crippen LogP contribution < -0.4 is 10.1 Å². The molecule has 2 nitrogen and oxygen atoms in total. The maximum absolute atomic E-state index is 6.11. The van der Waals surface area contributed by atoms with Gasteiger partial charge in [-0.25, -0.2) is 0 Å². The monoisotopic (exact) mass is 281 g/mol. The lowest BCUT2D eigenvalue weighted by atomic mass is 9.92. The van der Waals surface area contributed by atoms with Crippen LogP contribution in [0.1, 0.15) is 49.5 Å². The van der Waals surface area contributed by atoms with Crippen LogP contribution in [0.3, 0.4) is 0 Å². The second kappa shape index (κ2) is 5.19. The first-order valence-electron chi connectivity index (χ1n) is 7.58. The van der Waals surface area contributed by atoms with Crippen molar-refractivity contribution in [1.82, 2.24) is 5.32 Å². The molecular formula is C19H23NO. The lowest BCUT2D eigenvalue weighted by Gasteiger charge is -2.30. The van der Waals surface area contributed by atoms with Gasteiger partial charge in [-0.1, -0.05) is 42.5 Å². The van der Waals surface area contributed by atoms with E-state index in [1.54, 1.807) is 0 Å². The number of benzene rings is 2. The van der Waals surface area contributed by atoms with E-state index in [4.69, 9.17) is 4.74 Å². The molecule has 1 aliphatic heterocycles. The van der Waals surface area contributed by atoms with Crippen LogP contribution in [0.5, 0.6) is 5.75 Å². The molecule has 1 unspecified atom stereocenters. The molecule has 0 amide bonds. The lowest BCUT2D eigenvalue weighted by molar-refractivity contribution is 0.0919. The summed E-state index contributed by atoms with van der Waals surface area (Å²) in [5.74, 6) is 0.997. The second-order valence-corrected chi connectivity index (χ2v) is 6.42. The third-order valence-corrected chi connectivity index (χ3v) is 4.37. The highest BCUT2D eigenvalue weighted by Crippen LogP contribution is 2.43. The van der Waals surface area contributed by atoms with Crippen LogP contribution in [-0.4, -0.2) is 5.60 Å². The summed E-state index contributed by atoms with van der Waals surface area (Å²) >= 11 is 0. The highest BCUT2D eigenvalue weighted by Gasteiger charge is 2.41. The van der Waals surface area contributed by atoms with Gasteiger partial charge in [0.05, 0.1) is 6.04 Å². The van der Waals surface area contributed by atoms with Crippen molar-refractivity contribution in [3.05, 3.63) is 65.2 Å². The Balaban J connectivity index is 1.89. The van der Waals surface area contributed by atoms with E-state index in [-0.39, 0.29) is 17.7 Å². The molecule has 1 N–H and O–H groups in total. The van der Waals surface area contributed by atoms with Crippen LogP contribution in [-0.2, 0) is 0 Å². The molecule has 0 saturated heterocycles. The van der Waals surface area contributed by atoms with Crippen LogP contribution in [0, 0.1) is 6.92 Å². The van der Waals surface area contributed by atoms with Crippen LogP contribution in [0.25, 0.3) is 0 Å². The van der Waals surface area contributed by atoms with Gasteiger partial charge >= 0.3 is 0 Å². The van der Waals surface area contributed by atoms with E-state index in [1.165, 1.54) is 16.7 Å². The van der Waals surface area contributed by atoms with Crippen molar-refractivity contribution in [2.75, 3.05) is 0 Å². The molecule has 0 aliphatic carbocycles. The molecule has 110 valence electrons. The van der Waals surface area contributed by atoms with E-state index in [0.29, 0.717) is 0 Å². The largest absolute Gasteiger partial charge is 0.486 e. The molecule has 1 aliphatic rings. The van der Waals surface area contributed by atoms with E-state index in [1.807, 2.05) is 6.07 Å². The van der Waals surface area contributed by atoms with Gasteiger partial charge in [-0.2, -0.15) is 0 Å². The van der Waals surface area contributed by atoms with Crippen molar-refractivity contribution in [2.45, 2.75) is 45.4 Å². The third-order valence-electron chi connectivity index (χ3n) is 4.37. The number of hydrogen-bond donors (Lipinski definition) is 1. The van der Waals surface area contributed by atoms with Gasteiger partial charge in [-0.15, -0.1) is 0 Å². The van der Waals surface area contributed by atoms with Crippen LogP contribution in [0.4, 0.5) is 0 Å². The predicted molar refractivity (Wildman–Crippen MR) is 86.6 cm³/mol. The minimum absolute atomic E-state index is 0.198. The molecule has 0 spiro atoms. The number of fused-ring (bicyclic) bond motifs is 1. The Kier molecular flexibility index (Phi) is 3.50. The van der Waals surface area contributed by atoms with E-state index >= 15 is 0 Å². The minimum Gasteiger partial charge on any atom is -0.486 e. The second-order valence-electron chi connectivity index (χ2n) is 6.42. The van der Waals surface area contributed by atoms with Crippen LogP contribution in [0.2, 0.25) is 0 Å². The van der Waals surface area contributed by atoms with Gasteiger partial charge in [0.2, 0.25) is 0 Å². The van der Waals surface area contributed by atoms with Crippen molar-refractivity contribution < 1.29 is 4.74 Å². The molecule has 0 saturated carbocycles. The summed E-state index contributed by atoms with van der Waals surface area (Å²) in [6, 6.07) is 17.4. The van der Waals surface area contributed by atoms with Crippen molar-refractivity contribution >= 4 is 0 Å². The van der Waals surface area contributed by atoms with Crippen molar-refractivity contribution in [2.24, 2.45) is 0 Å². The van der Waals surface area contributed by atoms with E-state index in [2.05, 4.69) is 75.5 Å². The molecule has 0 fully saturated rings. The van der Waals surface area contributed by atoms with Gasteiger partial charge < -0.3 is 4.74 Å².